The first-order valence-corrected chi connectivity index (χ1v) is 5.74. The molecule has 1 aromatic rings. The molecular formula is C12H13F3N2O2. The third kappa shape index (κ3) is 2.98. The van der Waals surface area contributed by atoms with Gasteiger partial charge in [-0.15, -0.1) is 0 Å². The van der Waals surface area contributed by atoms with E-state index in [4.69, 9.17) is 10.5 Å². The number of nitrogens with zero attached hydrogens (tertiary/aromatic N) is 1. The molecule has 0 saturated carbocycles. The molecule has 0 bridgehead atoms. The minimum absolute atomic E-state index is 0.307. The Morgan fingerprint density at radius 1 is 1.32 bits per heavy atom. The Labute approximate surface area is 107 Å². The van der Waals surface area contributed by atoms with Crippen molar-refractivity contribution in [1.29, 1.82) is 0 Å². The topological polar surface area (TPSA) is 55.6 Å². The van der Waals surface area contributed by atoms with Crippen LogP contribution < -0.4 is 5.73 Å². The molecule has 104 valence electrons. The summed E-state index contributed by atoms with van der Waals surface area (Å²) in [6.07, 6.45) is -5.40. The number of alkyl halides is 3. The highest BCUT2D eigenvalue weighted by atomic mass is 19.4. The zero-order chi connectivity index (χ0) is 14.0. The van der Waals surface area contributed by atoms with Crippen molar-refractivity contribution in [2.45, 2.75) is 12.3 Å². The Bertz CT molecular complexity index is 459. The largest absolute Gasteiger partial charge is 0.439 e. The highest BCUT2D eigenvalue weighted by molar-refractivity contribution is 5.70. The average Bonchev–Trinajstić information content (AvgIpc) is 2.71. The molecule has 1 atom stereocenters. The molecule has 1 fully saturated rings. The van der Waals surface area contributed by atoms with Gasteiger partial charge in [0.2, 0.25) is 0 Å². The molecule has 1 amide bonds. The van der Waals surface area contributed by atoms with Crippen LogP contribution in [0.5, 0.6) is 0 Å². The van der Waals surface area contributed by atoms with E-state index >= 15 is 0 Å². The fourth-order valence-electron chi connectivity index (χ4n) is 1.91. The summed E-state index contributed by atoms with van der Waals surface area (Å²) in [5.74, 6) is 0. The number of hydrogen-bond acceptors (Lipinski definition) is 3. The predicted molar refractivity (Wildman–Crippen MR) is 61.3 cm³/mol. The second-order valence-electron chi connectivity index (χ2n) is 4.23. The first-order valence-electron chi connectivity index (χ1n) is 5.74. The van der Waals surface area contributed by atoms with E-state index in [1.165, 1.54) is 17.0 Å². The zero-order valence-corrected chi connectivity index (χ0v) is 9.98. The lowest BCUT2D eigenvalue weighted by Gasteiger charge is -2.12. The molecule has 1 aliphatic heterocycles. The van der Waals surface area contributed by atoms with E-state index in [1.807, 2.05) is 0 Å². The van der Waals surface area contributed by atoms with Gasteiger partial charge in [-0.2, -0.15) is 13.2 Å². The fraction of sp³-hybridized carbons (Fsp3) is 0.417. The number of ether oxygens (including phenoxy) is 1. The molecule has 2 rings (SSSR count). The second-order valence-corrected chi connectivity index (χ2v) is 4.23. The van der Waals surface area contributed by atoms with Gasteiger partial charge in [0.05, 0.1) is 12.1 Å². The molecule has 0 spiro atoms. The molecular weight excluding hydrogens is 261 g/mol. The molecule has 1 saturated heterocycles. The van der Waals surface area contributed by atoms with Crippen LogP contribution >= 0.6 is 0 Å². The number of rotatable bonds is 3. The minimum atomic E-state index is -4.36. The number of nitrogens with two attached hydrogens (primary N) is 1. The van der Waals surface area contributed by atoms with E-state index in [-0.39, 0.29) is 0 Å². The summed E-state index contributed by atoms with van der Waals surface area (Å²) < 4.78 is 42.3. The lowest BCUT2D eigenvalue weighted by Crippen LogP contribution is -2.30. The van der Waals surface area contributed by atoms with Gasteiger partial charge in [-0.3, -0.25) is 0 Å². The zero-order valence-electron chi connectivity index (χ0n) is 9.98. The maximum atomic E-state index is 12.4. The lowest BCUT2D eigenvalue weighted by atomic mass is 10.1. The number of carbonyl (C=O) groups excluding carboxylic acids is 1. The maximum absolute atomic E-state index is 12.4. The van der Waals surface area contributed by atoms with Crippen LogP contribution in [0.4, 0.5) is 18.0 Å². The van der Waals surface area contributed by atoms with Gasteiger partial charge in [-0.1, -0.05) is 12.1 Å². The number of carbonyl (C=O) groups is 1. The van der Waals surface area contributed by atoms with E-state index in [0.717, 1.165) is 12.1 Å². The normalized spacial score (nSPS) is 19.7. The number of halogens is 3. The molecule has 1 heterocycles. The van der Waals surface area contributed by atoms with Crippen LogP contribution in [-0.2, 0) is 10.9 Å². The van der Waals surface area contributed by atoms with Crippen molar-refractivity contribution in [2.24, 2.45) is 5.73 Å². The smallest absolute Gasteiger partial charge is 0.416 e. The van der Waals surface area contributed by atoms with Crippen LogP contribution in [0.1, 0.15) is 17.2 Å². The first kappa shape index (κ1) is 13.7. The minimum Gasteiger partial charge on any atom is -0.439 e. The SMILES string of the molecule is NCCN1CC(c2ccc(C(F)(F)F)cc2)OC1=O. The Morgan fingerprint density at radius 2 is 1.95 bits per heavy atom. The molecule has 1 unspecified atom stereocenters. The number of benzene rings is 1. The van der Waals surface area contributed by atoms with Gasteiger partial charge in [-0.25, -0.2) is 4.79 Å². The van der Waals surface area contributed by atoms with Crippen molar-refractivity contribution in [3.8, 4) is 0 Å². The van der Waals surface area contributed by atoms with Crippen LogP contribution in [0.15, 0.2) is 24.3 Å². The highest BCUT2D eigenvalue weighted by Gasteiger charge is 2.33. The van der Waals surface area contributed by atoms with Gasteiger partial charge < -0.3 is 15.4 Å². The van der Waals surface area contributed by atoms with Crippen molar-refractivity contribution in [1.82, 2.24) is 4.90 Å². The van der Waals surface area contributed by atoms with Gasteiger partial charge in [0.1, 0.15) is 6.10 Å². The molecule has 1 aliphatic rings. The van der Waals surface area contributed by atoms with Gasteiger partial charge >= 0.3 is 12.3 Å². The molecule has 1 aromatic carbocycles. The summed E-state index contributed by atoms with van der Waals surface area (Å²) in [4.78, 5) is 12.9. The fourth-order valence-corrected chi connectivity index (χ4v) is 1.91. The quantitative estimate of drug-likeness (QED) is 0.919. The van der Waals surface area contributed by atoms with Crippen molar-refractivity contribution in [2.75, 3.05) is 19.6 Å². The second kappa shape index (κ2) is 5.08. The van der Waals surface area contributed by atoms with Crippen LogP contribution in [0.25, 0.3) is 0 Å². The monoisotopic (exact) mass is 274 g/mol. The van der Waals surface area contributed by atoms with E-state index < -0.39 is 23.9 Å². The third-order valence-corrected chi connectivity index (χ3v) is 2.90. The lowest BCUT2D eigenvalue weighted by molar-refractivity contribution is -0.137. The van der Waals surface area contributed by atoms with Gasteiger partial charge in [0.15, 0.2) is 0 Å². The summed E-state index contributed by atoms with van der Waals surface area (Å²) in [5.41, 5.74) is 5.17. The van der Waals surface area contributed by atoms with Gasteiger partial charge in [-0.05, 0) is 17.7 Å². The molecule has 2 N–H and O–H groups in total. The summed E-state index contributed by atoms with van der Waals surface area (Å²) >= 11 is 0. The summed E-state index contributed by atoms with van der Waals surface area (Å²) in [6, 6.07) is 4.61. The van der Waals surface area contributed by atoms with Gasteiger partial charge in [0, 0.05) is 13.1 Å². The molecule has 0 aromatic heterocycles. The first-order chi connectivity index (χ1) is 8.91. The maximum Gasteiger partial charge on any atom is 0.416 e. The Morgan fingerprint density at radius 3 is 2.47 bits per heavy atom. The standard InChI is InChI=1S/C12H13F3N2O2/c13-12(14,15)9-3-1-8(2-4-9)10-7-17(6-5-16)11(18)19-10/h1-4,10H,5-7,16H2. The molecule has 0 radical (unpaired) electrons. The number of cyclic esters (lactones) is 1. The van der Waals surface area contributed by atoms with E-state index in [1.54, 1.807) is 0 Å². The van der Waals surface area contributed by atoms with Crippen LogP contribution in [-0.4, -0.2) is 30.6 Å². The Hall–Kier alpha value is -1.76. The van der Waals surface area contributed by atoms with Crippen molar-refractivity contribution in [3.05, 3.63) is 35.4 Å². The van der Waals surface area contributed by atoms with E-state index in [2.05, 4.69) is 0 Å². The summed E-state index contributed by atoms with van der Waals surface area (Å²) in [5, 5.41) is 0. The van der Waals surface area contributed by atoms with E-state index in [0.29, 0.717) is 25.2 Å². The Balaban J connectivity index is 2.10. The molecule has 19 heavy (non-hydrogen) atoms. The molecule has 4 nitrogen and oxygen atoms in total. The number of amides is 1. The Kier molecular flexibility index (Phi) is 3.66. The van der Waals surface area contributed by atoms with Crippen LogP contribution in [0.3, 0.4) is 0 Å². The third-order valence-electron chi connectivity index (χ3n) is 2.90. The van der Waals surface area contributed by atoms with Crippen LogP contribution in [0, 0.1) is 0 Å². The van der Waals surface area contributed by atoms with Crippen molar-refractivity contribution >= 4 is 6.09 Å². The van der Waals surface area contributed by atoms with Crippen LogP contribution in [0.2, 0.25) is 0 Å². The van der Waals surface area contributed by atoms with Crippen molar-refractivity contribution < 1.29 is 22.7 Å². The predicted octanol–water partition coefficient (Wildman–Crippen LogP) is 2.16. The molecule has 0 aliphatic carbocycles. The van der Waals surface area contributed by atoms with Gasteiger partial charge in [0.25, 0.3) is 0 Å². The highest BCUT2D eigenvalue weighted by Crippen LogP contribution is 2.31. The number of hydrogen-bond donors (Lipinski definition) is 1. The van der Waals surface area contributed by atoms with E-state index in [9.17, 15) is 18.0 Å². The summed E-state index contributed by atoms with van der Waals surface area (Å²) in [6.45, 7) is 0.992. The summed E-state index contributed by atoms with van der Waals surface area (Å²) in [7, 11) is 0. The van der Waals surface area contributed by atoms with Crippen molar-refractivity contribution in [3.63, 3.8) is 0 Å². The molecule has 7 heteroatoms. The average molecular weight is 274 g/mol.